The first-order valence-corrected chi connectivity index (χ1v) is 8.23. The zero-order valence-electron chi connectivity index (χ0n) is 14.4. The lowest BCUT2D eigenvalue weighted by atomic mass is 10.4. The van der Waals surface area contributed by atoms with Crippen molar-refractivity contribution < 1.29 is 9.15 Å². The van der Waals surface area contributed by atoms with Crippen molar-refractivity contribution in [3.8, 4) is 0 Å². The van der Waals surface area contributed by atoms with Crippen LogP contribution in [0.15, 0.2) is 34.1 Å². The van der Waals surface area contributed by atoms with Gasteiger partial charge in [-0.2, -0.15) is 0 Å². The normalized spacial score (nSPS) is 11.7. The number of aromatic nitrogens is 3. The zero-order valence-corrected chi connectivity index (χ0v) is 14.4. The predicted octanol–water partition coefficient (Wildman–Crippen LogP) is 1.21. The van der Waals surface area contributed by atoms with E-state index in [-0.39, 0.29) is 0 Å². The number of rotatable bonds is 10. The van der Waals surface area contributed by atoms with Crippen LogP contribution < -0.4 is 10.6 Å². The number of nitrogens with zero attached hydrogens (tertiary/aromatic N) is 4. The van der Waals surface area contributed by atoms with Crippen molar-refractivity contribution in [3.63, 3.8) is 0 Å². The molecule has 2 N–H and O–H groups in total. The summed E-state index contributed by atoms with van der Waals surface area (Å²) in [6.07, 6.45) is 5.20. The number of furan rings is 1. The maximum absolute atomic E-state index is 5.32. The highest BCUT2D eigenvalue weighted by atomic mass is 16.5. The van der Waals surface area contributed by atoms with E-state index in [1.807, 2.05) is 16.7 Å². The van der Waals surface area contributed by atoms with Crippen molar-refractivity contribution in [1.29, 1.82) is 0 Å². The summed E-state index contributed by atoms with van der Waals surface area (Å²) in [5.74, 6) is 2.58. The van der Waals surface area contributed by atoms with Gasteiger partial charge in [0, 0.05) is 39.8 Å². The van der Waals surface area contributed by atoms with Gasteiger partial charge < -0.3 is 24.4 Å². The zero-order chi connectivity index (χ0) is 17.0. The number of aliphatic imine (C=N–C) groups is 1. The number of guanidine groups is 1. The van der Waals surface area contributed by atoms with Gasteiger partial charge in [-0.25, -0.2) is 4.99 Å². The van der Waals surface area contributed by atoms with Crippen LogP contribution in [0.4, 0.5) is 0 Å². The van der Waals surface area contributed by atoms with Gasteiger partial charge in [-0.1, -0.05) is 6.92 Å². The minimum atomic E-state index is 0.499. The second-order valence-electron chi connectivity index (χ2n) is 5.24. The molecule has 8 nitrogen and oxygen atoms in total. The molecule has 0 saturated heterocycles. The van der Waals surface area contributed by atoms with Crippen LogP contribution in [0, 0.1) is 0 Å². The van der Waals surface area contributed by atoms with Crippen molar-refractivity contribution in [1.82, 2.24) is 25.4 Å². The summed E-state index contributed by atoms with van der Waals surface area (Å²) in [6, 6.07) is 3.78. The number of methoxy groups -OCH3 is 1. The van der Waals surface area contributed by atoms with Crippen LogP contribution in [0.25, 0.3) is 0 Å². The number of hydrogen-bond acceptors (Lipinski definition) is 5. The van der Waals surface area contributed by atoms with Gasteiger partial charge in [0.2, 0.25) is 0 Å². The first kappa shape index (κ1) is 18.0. The molecule has 0 aromatic carbocycles. The monoisotopic (exact) mass is 334 g/mol. The van der Waals surface area contributed by atoms with Crippen molar-refractivity contribution in [2.45, 2.75) is 32.9 Å². The van der Waals surface area contributed by atoms with Gasteiger partial charge in [0.25, 0.3) is 0 Å². The maximum atomic E-state index is 5.32. The van der Waals surface area contributed by atoms with Crippen LogP contribution in [0.3, 0.4) is 0 Å². The standard InChI is InChI=1S/C16H26N6O2/c1-3-15-21-20-13-22(15)9-8-18-16(17-7-5-10-23-2)19-12-14-6-4-11-24-14/h4,6,11,13H,3,5,7-10,12H2,1-2H3,(H2,17,18,19). The molecule has 8 heteroatoms. The molecular formula is C16H26N6O2. The van der Waals surface area contributed by atoms with Crippen LogP contribution >= 0.6 is 0 Å². The summed E-state index contributed by atoms with van der Waals surface area (Å²) in [6.45, 7) is 5.61. The molecule has 0 radical (unpaired) electrons. The number of ether oxygens (including phenoxy) is 1. The summed E-state index contributed by atoms with van der Waals surface area (Å²) in [7, 11) is 1.70. The van der Waals surface area contributed by atoms with E-state index < -0.39 is 0 Å². The van der Waals surface area contributed by atoms with E-state index in [0.29, 0.717) is 6.54 Å². The lowest BCUT2D eigenvalue weighted by Crippen LogP contribution is -2.39. The van der Waals surface area contributed by atoms with E-state index in [1.54, 1.807) is 19.7 Å². The van der Waals surface area contributed by atoms with Crippen molar-refractivity contribution >= 4 is 5.96 Å². The Morgan fingerprint density at radius 2 is 2.25 bits per heavy atom. The molecule has 2 rings (SSSR count). The maximum Gasteiger partial charge on any atom is 0.191 e. The van der Waals surface area contributed by atoms with E-state index in [1.165, 1.54) is 0 Å². The fourth-order valence-electron chi connectivity index (χ4n) is 2.19. The van der Waals surface area contributed by atoms with Crippen molar-refractivity contribution in [2.75, 3.05) is 26.8 Å². The summed E-state index contributed by atoms with van der Waals surface area (Å²) in [5, 5.41) is 14.7. The minimum absolute atomic E-state index is 0.499. The van der Waals surface area contributed by atoms with Crippen molar-refractivity contribution in [3.05, 3.63) is 36.3 Å². The van der Waals surface area contributed by atoms with Gasteiger partial charge in [-0.05, 0) is 18.6 Å². The summed E-state index contributed by atoms with van der Waals surface area (Å²) >= 11 is 0. The van der Waals surface area contributed by atoms with Crippen LogP contribution in [-0.2, 0) is 24.2 Å². The average Bonchev–Trinajstić information content (AvgIpc) is 3.27. The molecule has 0 aliphatic carbocycles. The van der Waals surface area contributed by atoms with E-state index in [0.717, 1.165) is 56.6 Å². The second kappa shape index (κ2) is 10.4. The van der Waals surface area contributed by atoms with E-state index in [9.17, 15) is 0 Å². The SMILES string of the molecule is CCc1nncn1CCNC(=NCc1ccco1)NCCCOC. The lowest BCUT2D eigenvalue weighted by molar-refractivity contribution is 0.195. The summed E-state index contributed by atoms with van der Waals surface area (Å²) in [4.78, 5) is 4.54. The first-order valence-electron chi connectivity index (χ1n) is 8.23. The highest BCUT2D eigenvalue weighted by molar-refractivity contribution is 5.79. The van der Waals surface area contributed by atoms with Crippen molar-refractivity contribution in [2.24, 2.45) is 4.99 Å². The van der Waals surface area contributed by atoms with E-state index >= 15 is 0 Å². The smallest absolute Gasteiger partial charge is 0.191 e. The summed E-state index contributed by atoms with van der Waals surface area (Å²) < 4.78 is 12.4. The Bertz CT molecular complexity index is 593. The molecule has 2 aromatic rings. The Hall–Kier alpha value is -2.35. The molecule has 132 valence electrons. The van der Waals surface area contributed by atoms with Crippen LogP contribution in [-0.4, -0.2) is 47.5 Å². The fraction of sp³-hybridized carbons (Fsp3) is 0.562. The molecule has 0 amide bonds. The average molecular weight is 334 g/mol. The van der Waals surface area contributed by atoms with Gasteiger partial charge in [0.15, 0.2) is 5.96 Å². The Morgan fingerprint density at radius 1 is 1.38 bits per heavy atom. The molecule has 0 atom stereocenters. The predicted molar refractivity (Wildman–Crippen MR) is 91.7 cm³/mol. The third kappa shape index (κ3) is 6.04. The number of hydrogen-bond donors (Lipinski definition) is 2. The quantitative estimate of drug-likeness (QED) is 0.386. The molecule has 2 aromatic heterocycles. The van der Waals surface area contributed by atoms with E-state index in [2.05, 4.69) is 32.7 Å². The molecule has 0 aliphatic heterocycles. The highest BCUT2D eigenvalue weighted by Crippen LogP contribution is 2.01. The van der Waals surface area contributed by atoms with Crippen LogP contribution in [0.2, 0.25) is 0 Å². The Morgan fingerprint density at radius 3 is 3.00 bits per heavy atom. The van der Waals surface area contributed by atoms with Crippen LogP contribution in [0.5, 0.6) is 0 Å². The lowest BCUT2D eigenvalue weighted by Gasteiger charge is -2.13. The molecule has 2 heterocycles. The second-order valence-corrected chi connectivity index (χ2v) is 5.24. The molecular weight excluding hydrogens is 308 g/mol. The third-order valence-electron chi connectivity index (χ3n) is 3.45. The van der Waals surface area contributed by atoms with Gasteiger partial charge in [0.05, 0.1) is 6.26 Å². The van der Waals surface area contributed by atoms with Crippen LogP contribution in [0.1, 0.15) is 24.9 Å². The van der Waals surface area contributed by atoms with Gasteiger partial charge in [0.1, 0.15) is 24.5 Å². The molecule has 0 saturated carbocycles. The molecule has 0 spiro atoms. The van der Waals surface area contributed by atoms with Gasteiger partial charge in [-0.15, -0.1) is 10.2 Å². The molecule has 0 aliphatic rings. The Labute approximate surface area is 142 Å². The van der Waals surface area contributed by atoms with Gasteiger partial charge in [-0.3, -0.25) is 0 Å². The Balaban J connectivity index is 1.83. The Kier molecular flexibility index (Phi) is 7.82. The molecule has 0 fully saturated rings. The third-order valence-corrected chi connectivity index (χ3v) is 3.45. The van der Waals surface area contributed by atoms with E-state index in [4.69, 9.17) is 9.15 Å². The minimum Gasteiger partial charge on any atom is -0.467 e. The number of nitrogens with one attached hydrogen (secondary N) is 2. The fourth-order valence-corrected chi connectivity index (χ4v) is 2.19. The molecule has 0 unspecified atom stereocenters. The van der Waals surface area contributed by atoms with Gasteiger partial charge >= 0.3 is 0 Å². The largest absolute Gasteiger partial charge is 0.467 e. The highest BCUT2D eigenvalue weighted by Gasteiger charge is 2.03. The number of aryl methyl sites for hydroxylation is 1. The molecule has 24 heavy (non-hydrogen) atoms. The first-order chi connectivity index (χ1) is 11.8. The summed E-state index contributed by atoms with van der Waals surface area (Å²) in [5.41, 5.74) is 0. The molecule has 0 bridgehead atoms. The topological polar surface area (TPSA) is 89.5 Å².